The molecule has 9 N–H and O–H groups in total. The third kappa shape index (κ3) is 43.8. The molecule has 14 nitrogen and oxygen atoms in total. The number of ether oxygens (including phenoxy) is 4. The molecule has 12 atom stereocenters. The molecular formula is C76H141NO13. The van der Waals surface area contributed by atoms with E-state index in [2.05, 4.69) is 55.6 Å². The second kappa shape index (κ2) is 60.6. The highest BCUT2D eigenvalue weighted by molar-refractivity contribution is 5.76. The van der Waals surface area contributed by atoms with Crippen LogP contribution in [0.15, 0.2) is 48.6 Å². The summed E-state index contributed by atoms with van der Waals surface area (Å²) < 4.78 is 22.8. The molecule has 14 heteroatoms. The minimum Gasteiger partial charge on any atom is -0.394 e. The SMILES string of the molecule is CCCCCCC/C=C/CC/C=C/CC/C=C/C(O)C(COC1OC(CO)C(OC2OC(CO)C(O)C(O)C2O)C(O)C1O)NC(=O)CCCCCCCCCCCCCCCCCCCCCCCCCCCCCCC/C=C\CCCCCCCCCC. The summed E-state index contributed by atoms with van der Waals surface area (Å²) in [4.78, 5) is 13.3. The topological polar surface area (TPSA) is 228 Å². The van der Waals surface area contributed by atoms with Crippen molar-refractivity contribution >= 4 is 5.91 Å². The van der Waals surface area contributed by atoms with Crippen molar-refractivity contribution in [3.05, 3.63) is 48.6 Å². The van der Waals surface area contributed by atoms with Crippen molar-refractivity contribution in [1.82, 2.24) is 5.32 Å². The van der Waals surface area contributed by atoms with Gasteiger partial charge in [-0.1, -0.05) is 306 Å². The van der Waals surface area contributed by atoms with Crippen LogP contribution in [0, 0.1) is 0 Å². The molecule has 0 aliphatic carbocycles. The van der Waals surface area contributed by atoms with Crippen LogP contribution in [0.4, 0.5) is 0 Å². The lowest BCUT2D eigenvalue weighted by atomic mass is 9.97. The van der Waals surface area contributed by atoms with Gasteiger partial charge in [-0.25, -0.2) is 0 Å². The first kappa shape index (κ1) is 84.0. The number of carbonyl (C=O) groups excluding carboxylic acids is 1. The molecule has 2 heterocycles. The van der Waals surface area contributed by atoms with Crippen molar-refractivity contribution < 1.29 is 64.6 Å². The first-order chi connectivity index (χ1) is 44.1. The van der Waals surface area contributed by atoms with Crippen molar-refractivity contribution in [2.75, 3.05) is 19.8 Å². The molecule has 0 aromatic rings. The van der Waals surface area contributed by atoms with Crippen molar-refractivity contribution in [2.45, 2.75) is 408 Å². The molecule has 528 valence electrons. The number of allylic oxidation sites excluding steroid dienone is 7. The number of aliphatic hydroxyl groups is 8. The average molecular weight is 1280 g/mol. The highest BCUT2D eigenvalue weighted by Crippen LogP contribution is 2.30. The van der Waals surface area contributed by atoms with Gasteiger partial charge in [-0.2, -0.15) is 0 Å². The molecule has 0 radical (unpaired) electrons. The van der Waals surface area contributed by atoms with Crippen LogP contribution in [0.1, 0.15) is 335 Å². The van der Waals surface area contributed by atoms with Crippen LogP contribution in [-0.4, -0.2) is 140 Å². The first-order valence-electron chi connectivity index (χ1n) is 37.9. The number of amides is 1. The van der Waals surface area contributed by atoms with Crippen LogP contribution in [0.2, 0.25) is 0 Å². The molecule has 90 heavy (non-hydrogen) atoms. The number of aliphatic hydroxyl groups excluding tert-OH is 8. The fourth-order valence-electron chi connectivity index (χ4n) is 12.4. The normalized spacial score (nSPS) is 23.1. The minimum atomic E-state index is -1.79. The molecule has 12 unspecified atom stereocenters. The van der Waals surface area contributed by atoms with E-state index in [0.29, 0.717) is 12.8 Å². The fraction of sp³-hybridized carbons (Fsp3) is 0.882. The molecular weight excluding hydrogens is 1130 g/mol. The minimum absolute atomic E-state index is 0.248. The molecule has 1 amide bonds. The maximum atomic E-state index is 13.3. The van der Waals surface area contributed by atoms with Gasteiger partial charge in [-0.3, -0.25) is 4.79 Å². The van der Waals surface area contributed by atoms with E-state index in [9.17, 15) is 45.6 Å². The number of hydrogen-bond acceptors (Lipinski definition) is 13. The highest BCUT2D eigenvalue weighted by Gasteiger charge is 2.51. The Morgan fingerprint density at radius 1 is 0.389 bits per heavy atom. The summed E-state index contributed by atoms with van der Waals surface area (Å²) in [5.74, 6) is -0.248. The van der Waals surface area contributed by atoms with Crippen LogP contribution < -0.4 is 5.32 Å². The largest absolute Gasteiger partial charge is 0.394 e. The zero-order valence-corrected chi connectivity index (χ0v) is 57.6. The van der Waals surface area contributed by atoms with Crippen LogP contribution in [0.3, 0.4) is 0 Å². The van der Waals surface area contributed by atoms with E-state index in [0.717, 1.165) is 44.9 Å². The Morgan fingerprint density at radius 3 is 1.09 bits per heavy atom. The van der Waals surface area contributed by atoms with E-state index in [1.807, 2.05) is 6.08 Å². The van der Waals surface area contributed by atoms with Gasteiger partial charge in [-0.05, 0) is 70.6 Å². The second-order valence-corrected chi connectivity index (χ2v) is 26.8. The summed E-state index contributed by atoms with van der Waals surface area (Å²) in [5.41, 5.74) is 0. The molecule has 2 aliphatic heterocycles. The molecule has 0 aromatic heterocycles. The first-order valence-corrected chi connectivity index (χ1v) is 37.9. The van der Waals surface area contributed by atoms with E-state index in [4.69, 9.17) is 18.9 Å². The number of carbonyl (C=O) groups is 1. The van der Waals surface area contributed by atoms with E-state index >= 15 is 0 Å². The lowest BCUT2D eigenvalue weighted by Crippen LogP contribution is -2.65. The van der Waals surface area contributed by atoms with Gasteiger partial charge >= 0.3 is 0 Å². The van der Waals surface area contributed by atoms with E-state index in [1.165, 1.54) is 257 Å². The lowest BCUT2D eigenvalue weighted by molar-refractivity contribution is -0.359. The van der Waals surface area contributed by atoms with Gasteiger partial charge in [0.1, 0.15) is 48.8 Å². The summed E-state index contributed by atoms with van der Waals surface area (Å²) in [6.45, 7) is 2.79. The predicted octanol–water partition coefficient (Wildman–Crippen LogP) is 16.2. The van der Waals surface area contributed by atoms with Crippen LogP contribution in [-0.2, 0) is 23.7 Å². The number of rotatable bonds is 63. The van der Waals surface area contributed by atoms with Gasteiger partial charge < -0.3 is 65.1 Å². The molecule has 2 aliphatic rings. The van der Waals surface area contributed by atoms with Crippen LogP contribution in [0.5, 0.6) is 0 Å². The molecule has 0 spiro atoms. The predicted molar refractivity (Wildman–Crippen MR) is 369 cm³/mol. The molecule has 2 fully saturated rings. The summed E-state index contributed by atoms with van der Waals surface area (Å²) in [6.07, 6.45) is 63.7. The van der Waals surface area contributed by atoms with Gasteiger partial charge in [0.25, 0.3) is 0 Å². The highest BCUT2D eigenvalue weighted by atomic mass is 16.7. The summed E-state index contributed by atoms with van der Waals surface area (Å²) >= 11 is 0. The van der Waals surface area contributed by atoms with E-state index in [-0.39, 0.29) is 18.9 Å². The van der Waals surface area contributed by atoms with Gasteiger partial charge in [0.05, 0.1) is 32.0 Å². The van der Waals surface area contributed by atoms with Crippen LogP contribution in [0.25, 0.3) is 0 Å². The van der Waals surface area contributed by atoms with Crippen molar-refractivity contribution in [3.8, 4) is 0 Å². The van der Waals surface area contributed by atoms with E-state index in [1.54, 1.807) is 6.08 Å². The number of unbranched alkanes of at least 4 members (excludes halogenated alkanes) is 44. The third-order valence-corrected chi connectivity index (χ3v) is 18.5. The zero-order valence-electron chi connectivity index (χ0n) is 57.6. The zero-order chi connectivity index (χ0) is 65.2. The molecule has 2 saturated heterocycles. The number of hydrogen-bond donors (Lipinski definition) is 9. The Labute approximate surface area is 550 Å². The van der Waals surface area contributed by atoms with Gasteiger partial charge in [0.2, 0.25) is 5.91 Å². The maximum absolute atomic E-state index is 13.3. The number of nitrogens with one attached hydrogen (secondary N) is 1. The van der Waals surface area contributed by atoms with Gasteiger partial charge in [0.15, 0.2) is 12.6 Å². The Balaban J connectivity index is 1.54. The molecule has 0 bridgehead atoms. The van der Waals surface area contributed by atoms with Crippen molar-refractivity contribution in [1.29, 1.82) is 0 Å². The lowest BCUT2D eigenvalue weighted by Gasteiger charge is -2.46. The average Bonchev–Trinajstić information content (AvgIpc) is 2.33. The smallest absolute Gasteiger partial charge is 0.220 e. The second-order valence-electron chi connectivity index (χ2n) is 26.8. The summed E-state index contributed by atoms with van der Waals surface area (Å²) in [7, 11) is 0. The molecule has 0 aromatic carbocycles. The maximum Gasteiger partial charge on any atom is 0.220 e. The fourth-order valence-corrected chi connectivity index (χ4v) is 12.4. The van der Waals surface area contributed by atoms with Crippen molar-refractivity contribution in [2.24, 2.45) is 0 Å². The summed E-state index contributed by atoms with van der Waals surface area (Å²) in [5, 5.41) is 87.3. The van der Waals surface area contributed by atoms with Crippen LogP contribution >= 0.6 is 0 Å². The monoisotopic (exact) mass is 1280 g/mol. The Hall–Kier alpha value is -2.05. The van der Waals surface area contributed by atoms with Crippen molar-refractivity contribution in [3.63, 3.8) is 0 Å². The summed E-state index contributed by atoms with van der Waals surface area (Å²) in [6, 6.07) is -0.937. The molecule has 2 rings (SSSR count). The van der Waals surface area contributed by atoms with Gasteiger partial charge in [0, 0.05) is 6.42 Å². The Morgan fingerprint density at radius 2 is 0.711 bits per heavy atom. The standard InChI is InChI=1S/C76H141NO13/c1-3-5-7-9-11-13-15-17-19-20-21-22-23-24-25-26-27-28-29-30-31-32-33-34-35-36-37-38-39-40-41-42-43-44-46-48-50-52-54-56-58-60-68(81)77-64(65(80)59-57-55-53-51-49-47-45-18-16-14-12-10-8-6-4-2)63-87-75-73(86)71(84)74(67(62-79)89-75)90-76-72(85)70(83)69(82)66(61-78)88-76/h16,18,20-21,49,51,57,59,64-67,69-76,78-80,82-86H,3-15,17,19,22-48,50,52-56,58,60-63H2,1-2H3,(H,77,81)/b18-16+,21-20-,51-49+,59-57+. The Kier molecular flexibility index (Phi) is 56.6. The third-order valence-electron chi connectivity index (χ3n) is 18.5. The van der Waals surface area contributed by atoms with E-state index < -0.39 is 86.8 Å². The molecule has 0 saturated carbocycles. The Bertz CT molecular complexity index is 1690. The quantitative estimate of drug-likeness (QED) is 0.0204. The van der Waals surface area contributed by atoms with Gasteiger partial charge in [-0.15, -0.1) is 0 Å².